The molecular formula is C15H23NO3. The molecule has 4 nitrogen and oxygen atoms in total. The van der Waals surface area contributed by atoms with Crippen LogP contribution in [-0.2, 0) is 11.3 Å². The standard InChI is InChI=1S/C15H23NO3/c1-12-5-7-15(8-6-12,14(17)18)11-16(2)10-13-4-3-9-19-13/h3-4,9,12H,5-8,10-11H2,1-2H3,(H,17,18). The van der Waals surface area contributed by atoms with Crippen molar-refractivity contribution in [3.63, 3.8) is 0 Å². The van der Waals surface area contributed by atoms with Gasteiger partial charge in [-0.25, -0.2) is 0 Å². The van der Waals surface area contributed by atoms with Gasteiger partial charge in [0.15, 0.2) is 0 Å². The molecule has 0 aromatic carbocycles. The summed E-state index contributed by atoms with van der Waals surface area (Å²) in [7, 11) is 1.96. The summed E-state index contributed by atoms with van der Waals surface area (Å²) in [5, 5.41) is 9.60. The van der Waals surface area contributed by atoms with E-state index in [2.05, 4.69) is 11.8 Å². The maximum absolute atomic E-state index is 11.7. The molecule has 1 heterocycles. The first kappa shape index (κ1) is 14.1. The number of nitrogens with zero attached hydrogens (tertiary/aromatic N) is 1. The SMILES string of the molecule is CC1CCC(CN(C)Cc2ccco2)(C(=O)O)CC1. The monoisotopic (exact) mass is 265 g/mol. The molecule has 0 saturated heterocycles. The van der Waals surface area contributed by atoms with E-state index in [4.69, 9.17) is 4.42 Å². The molecule has 0 aliphatic heterocycles. The van der Waals surface area contributed by atoms with E-state index in [0.717, 1.165) is 31.4 Å². The van der Waals surface area contributed by atoms with Crippen LogP contribution in [0.15, 0.2) is 22.8 Å². The van der Waals surface area contributed by atoms with Crippen molar-refractivity contribution in [1.29, 1.82) is 0 Å². The third kappa shape index (κ3) is 3.38. The van der Waals surface area contributed by atoms with Gasteiger partial charge in [-0.2, -0.15) is 0 Å². The molecule has 2 rings (SSSR count). The van der Waals surface area contributed by atoms with E-state index in [1.807, 2.05) is 19.2 Å². The molecule has 1 aliphatic rings. The minimum Gasteiger partial charge on any atom is -0.481 e. The summed E-state index contributed by atoms with van der Waals surface area (Å²) in [5.41, 5.74) is -0.576. The highest BCUT2D eigenvalue weighted by molar-refractivity contribution is 5.75. The quantitative estimate of drug-likeness (QED) is 0.889. The lowest BCUT2D eigenvalue weighted by atomic mass is 9.70. The molecular weight excluding hydrogens is 242 g/mol. The summed E-state index contributed by atoms with van der Waals surface area (Å²) in [6, 6.07) is 3.78. The second kappa shape index (κ2) is 5.78. The van der Waals surface area contributed by atoms with Crippen molar-refractivity contribution in [2.75, 3.05) is 13.6 Å². The van der Waals surface area contributed by atoms with Gasteiger partial charge in [-0.05, 0) is 50.8 Å². The fourth-order valence-corrected chi connectivity index (χ4v) is 3.00. The fraction of sp³-hybridized carbons (Fsp3) is 0.667. The lowest BCUT2D eigenvalue weighted by Crippen LogP contribution is -2.44. The lowest BCUT2D eigenvalue weighted by Gasteiger charge is -2.38. The third-order valence-corrected chi connectivity index (χ3v) is 4.26. The van der Waals surface area contributed by atoms with Crippen molar-refractivity contribution < 1.29 is 14.3 Å². The fourth-order valence-electron chi connectivity index (χ4n) is 3.00. The number of furan rings is 1. The molecule has 106 valence electrons. The Balaban J connectivity index is 1.98. The van der Waals surface area contributed by atoms with Crippen molar-refractivity contribution in [2.24, 2.45) is 11.3 Å². The summed E-state index contributed by atoms with van der Waals surface area (Å²) in [4.78, 5) is 13.7. The average Bonchev–Trinajstić information content (AvgIpc) is 2.84. The van der Waals surface area contributed by atoms with E-state index >= 15 is 0 Å². The van der Waals surface area contributed by atoms with Gasteiger partial charge in [0.25, 0.3) is 0 Å². The van der Waals surface area contributed by atoms with Gasteiger partial charge >= 0.3 is 5.97 Å². The van der Waals surface area contributed by atoms with Crippen LogP contribution in [0.3, 0.4) is 0 Å². The Labute approximate surface area is 114 Å². The minimum absolute atomic E-state index is 0.576. The van der Waals surface area contributed by atoms with E-state index in [1.54, 1.807) is 6.26 Å². The number of aliphatic carboxylic acids is 1. The number of carboxylic acids is 1. The van der Waals surface area contributed by atoms with Crippen molar-refractivity contribution in [3.8, 4) is 0 Å². The summed E-state index contributed by atoms with van der Waals surface area (Å²) in [6.07, 6.45) is 5.25. The largest absolute Gasteiger partial charge is 0.481 e. The van der Waals surface area contributed by atoms with E-state index in [9.17, 15) is 9.90 Å². The van der Waals surface area contributed by atoms with E-state index in [1.165, 1.54) is 0 Å². The number of rotatable bonds is 5. The van der Waals surface area contributed by atoms with Gasteiger partial charge in [-0.3, -0.25) is 9.69 Å². The molecule has 1 saturated carbocycles. The van der Waals surface area contributed by atoms with Crippen LogP contribution in [0.4, 0.5) is 0 Å². The molecule has 0 bridgehead atoms. The lowest BCUT2D eigenvalue weighted by molar-refractivity contribution is -0.153. The van der Waals surface area contributed by atoms with Crippen LogP contribution in [0, 0.1) is 11.3 Å². The van der Waals surface area contributed by atoms with Gasteiger partial charge in [0.05, 0.1) is 18.2 Å². The zero-order valence-electron chi connectivity index (χ0n) is 11.8. The molecule has 4 heteroatoms. The Morgan fingerprint density at radius 2 is 2.21 bits per heavy atom. The van der Waals surface area contributed by atoms with E-state index < -0.39 is 11.4 Å². The Hall–Kier alpha value is -1.29. The molecule has 1 aromatic rings. The van der Waals surface area contributed by atoms with Crippen LogP contribution in [0.25, 0.3) is 0 Å². The smallest absolute Gasteiger partial charge is 0.310 e. The van der Waals surface area contributed by atoms with Crippen LogP contribution < -0.4 is 0 Å². The predicted octanol–water partition coefficient (Wildman–Crippen LogP) is 2.99. The highest BCUT2D eigenvalue weighted by atomic mass is 16.4. The van der Waals surface area contributed by atoms with Gasteiger partial charge in [0, 0.05) is 6.54 Å². The van der Waals surface area contributed by atoms with Crippen molar-refractivity contribution in [2.45, 2.75) is 39.2 Å². The van der Waals surface area contributed by atoms with Crippen LogP contribution in [-0.4, -0.2) is 29.6 Å². The summed E-state index contributed by atoms with van der Waals surface area (Å²) >= 11 is 0. The number of carboxylic acid groups (broad SMARTS) is 1. The molecule has 0 radical (unpaired) electrons. The van der Waals surface area contributed by atoms with Crippen molar-refractivity contribution in [3.05, 3.63) is 24.2 Å². The summed E-state index contributed by atoms with van der Waals surface area (Å²) < 4.78 is 5.31. The Bertz CT molecular complexity index is 405. The average molecular weight is 265 g/mol. The third-order valence-electron chi connectivity index (χ3n) is 4.26. The normalized spacial score (nSPS) is 27.6. The highest BCUT2D eigenvalue weighted by Crippen LogP contribution is 2.39. The van der Waals surface area contributed by atoms with Gasteiger partial charge < -0.3 is 9.52 Å². The second-order valence-electron chi connectivity index (χ2n) is 6.02. The van der Waals surface area contributed by atoms with Gasteiger partial charge in [-0.1, -0.05) is 6.92 Å². The van der Waals surface area contributed by atoms with Gasteiger partial charge in [-0.15, -0.1) is 0 Å². The predicted molar refractivity (Wildman–Crippen MR) is 72.7 cm³/mol. The molecule has 0 amide bonds. The van der Waals surface area contributed by atoms with Crippen molar-refractivity contribution >= 4 is 5.97 Å². The molecule has 1 N–H and O–H groups in total. The van der Waals surface area contributed by atoms with E-state index in [0.29, 0.717) is 19.0 Å². The van der Waals surface area contributed by atoms with E-state index in [-0.39, 0.29) is 0 Å². The molecule has 1 aromatic heterocycles. The molecule has 1 fully saturated rings. The molecule has 19 heavy (non-hydrogen) atoms. The zero-order valence-corrected chi connectivity index (χ0v) is 11.8. The first-order valence-corrected chi connectivity index (χ1v) is 6.96. The number of hydrogen-bond acceptors (Lipinski definition) is 3. The maximum atomic E-state index is 11.7. The maximum Gasteiger partial charge on any atom is 0.310 e. The number of hydrogen-bond donors (Lipinski definition) is 1. The van der Waals surface area contributed by atoms with Crippen LogP contribution in [0.2, 0.25) is 0 Å². The Kier molecular flexibility index (Phi) is 4.30. The van der Waals surface area contributed by atoms with Gasteiger partial charge in [0.1, 0.15) is 5.76 Å². The van der Waals surface area contributed by atoms with Crippen LogP contribution >= 0.6 is 0 Å². The van der Waals surface area contributed by atoms with Crippen LogP contribution in [0.5, 0.6) is 0 Å². The first-order valence-electron chi connectivity index (χ1n) is 6.96. The minimum atomic E-state index is -0.648. The molecule has 0 spiro atoms. The van der Waals surface area contributed by atoms with Gasteiger partial charge in [0.2, 0.25) is 0 Å². The Morgan fingerprint density at radius 1 is 1.53 bits per heavy atom. The molecule has 0 atom stereocenters. The highest BCUT2D eigenvalue weighted by Gasteiger charge is 2.41. The number of carbonyl (C=O) groups is 1. The summed E-state index contributed by atoms with van der Waals surface area (Å²) in [6.45, 7) is 3.46. The topological polar surface area (TPSA) is 53.7 Å². The molecule has 1 aliphatic carbocycles. The first-order chi connectivity index (χ1) is 9.02. The summed E-state index contributed by atoms with van der Waals surface area (Å²) in [5.74, 6) is 0.890. The zero-order chi connectivity index (χ0) is 13.9. The second-order valence-corrected chi connectivity index (χ2v) is 6.02. The Morgan fingerprint density at radius 3 is 2.74 bits per heavy atom. The molecule has 0 unspecified atom stereocenters. The van der Waals surface area contributed by atoms with Crippen molar-refractivity contribution in [1.82, 2.24) is 4.90 Å². The van der Waals surface area contributed by atoms with Crippen LogP contribution in [0.1, 0.15) is 38.4 Å².